The van der Waals surface area contributed by atoms with Crippen LogP contribution in [0, 0.1) is 0 Å². The number of methoxy groups -OCH3 is 2. The van der Waals surface area contributed by atoms with Gasteiger partial charge in [-0.05, 0) is 42.7 Å². The maximum absolute atomic E-state index is 12.4. The summed E-state index contributed by atoms with van der Waals surface area (Å²) in [6, 6.07) is 12.6. The second-order valence-corrected chi connectivity index (χ2v) is 8.95. The second-order valence-electron chi connectivity index (χ2n) is 7.18. The van der Waals surface area contributed by atoms with Crippen molar-refractivity contribution in [2.75, 3.05) is 46.3 Å². The van der Waals surface area contributed by atoms with Gasteiger partial charge in [-0.3, -0.25) is 4.79 Å². The number of ether oxygens (including phenoxy) is 2. The zero-order valence-electron chi connectivity index (χ0n) is 18.5. The van der Waals surface area contributed by atoms with Crippen LogP contribution in [0.1, 0.15) is 18.4 Å². The van der Waals surface area contributed by atoms with Crippen molar-refractivity contribution in [3.63, 3.8) is 0 Å². The number of aryl methyl sites for hydroxylation is 1. The lowest BCUT2D eigenvalue weighted by Gasteiger charge is -2.12. The molecule has 2 aromatic rings. The van der Waals surface area contributed by atoms with E-state index in [4.69, 9.17) is 9.47 Å². The van der Waals surface area contributed by atoms with Gasteiger partial charge in [-0.1, -0.05) is 12.1 Å². The van der Waals surface area contributed by atoms with Crippen LogP contribution in [0.15, 0.2) is 47.4 Å². The summed E-state index contributed by atoms with van der Waals surface area (Å²) in [5.41, 5.74) is 2.36. The molecule has 0 spiro atoms. The van der Waals surface area contributed by atoms with Crippen LogP contribution < -0.4 is 24.4 Å². The Labute approximate surface area is 184 Å². The molecule has 0 aromatic heterocycles. The van der Waals surface area contributed by atoms with Crippen molar-refractivity contribution in [1.82, 2.24) is 10.0 Å². The van der Waals surface area contributed by atoms with Crippen LogP contribution in [0.4, 0.5) is 5.69 Å². The molecule has 170 valence electrons. The summed E-state index contributed by atoms with van der Waals surface area (Å²) in [6.07, 6.45) is 1.73. The van der Waals surface area contributed by atoms with E-state index in [9.17, 15) is 13.2 Å². The fourth-order valence-corrected chi connectivity index (χ4v) is 3.98. The van der Waals surface area contributed by atoms with Gasteiger partial charge in [0.15, 0.2) is 11.5 Å². The first kappa shape index (κ1) is 24.5. The van der Waals surface area contributed by atoms with Gasteiger partial charge >= 0.3 is 0 Å². The molecule has 9 heteroatoms. The summed E-state index contributed by atoms with van der Waals surface area (Å²) in [5, 5.41) is 2.82. The number of carbonyl (C=O) groups excluding carboxylic acids is 1. The average molecular weight is 450 g/mol. The fraction of sp³-hybridized carbons (Fsp3) is 0.409. The minimum absolute atomic E-state index is 0.00844. The van der Waals surface area contributed by atoms with E-state index in [2.05, 4.69) is 34.3 Å². The summed E-state index contributed by atoms with van der Waals surface area (Å²) in [4.78, 5) is 14.1. The zero-order chi connectivity index (χ0) is 22.9. The number of sulfonamides is 1. The van der Waals surface area contributed by atoms with E-state index >= 15 is 0 Å². The topological polar surface area (TPSA) is 97.0 Å². The van der Waals surface area contributed by atoms with Crippen molar-refractivity contribution in [2.45, 2.75) is 24.2 Å². The molecule has 0 aliphatic rings. The van der Waals surface area contributed by atoms with E-state index in [1.54, 1.807) is 0 Å². The maximum atomic E-state index is 12.4. The number of carbonyl (C=O) groups is 1. The molecular weight excluding hydrogens is 418 g/mol. The minimum atomic E-state index is -3.75. The van der Waals surface area contributed by atoms with E-state index in [0.29, 0.717) is 18.0 Å². The maximum Gasteiger partial charge on any atom is 0.240 e. The van der Waals surface area contributed by atoms with Gasteiger partial charge < -0.3 is 19.7 Å². The van der Waals surface area contributed by atoms with Gasteiger partial charge in [-0.15, -0.1) is 0 Å². The number of amides is 1. The molecule has 0 fully saturated rings. The summed E-state index contributed by atoms with van der Waals surface area (Å²) in [6.45, 7) is 0.547. The van der Waals surface area contributed by atoms with E-state index < -0.39 is 10.0 Å². The summed E-state index contributed by atoms with van der Waals surface area (Å²) in [7, 11) is 3.15. The number of nitrogens with one attached hydrogen (secondary N) is 2. The summed E-state index contributed by atoms with van der Waals surface area (Å²) < 4.78 is 37.5. The highest BCUT2D eigenvalue weighted by Gasteiger charge is 2.17. The number of rotatable bonds is 12. The standard InChI is InChI=1S/C22H31N3O5S/c1-25(2)18-9-7-17(8-10-18)6-5-14-23-22(26)13-15-24-31(27,28)19-11-12-20(29-3)21(16-19)30-4/h7-12,16,24H,5-6,13-15H2,1-4H3,(H,23,26). The normalized spacial score (nSPS) is 11.1. The Bertz CT molecular complexity index is 960. The van der Waals surface area contributed by atoms with E-state index in [1.807, 2.05) is 19.0 Å². The van der Waals surface area contributed by atoms with Crippen molar-refractivity contribution < 1.29 is 22.7 Å². The van der Waals surface area contributed by atoms with Crippen LogP contribution >= 0.6 is 0 Å². The highest BCUT2D eigenvalue weighted by molar-refractivity contribution is 7.89. The Morgan fingerprint density at radius 3 is 2.26 bits per heavy atom. The number of hydrogen-bond acceptors (Lipinski definition) is 6. The number of benzene rings is 2. The van der Waals surface area contributed by atoms with Gasteiger partial charge in [0, 0.05) is 45.4 Å². The van der Waals surface area contributed by atoms with Crippen LogP contribution in [-0.2, 0) is 21.2 Å². The predicted octanol–water partition coefficient (Wildman–Crippen LogP) is 2.19. The quantitative estimate of drug-likeness (QED) is 0.482. The number of nitrogens with zero attached hydrogens (tertiary/aromatic N) is 1. The Morgan fingerprint density at radius 2 is 1.65 bits per heavy atom. The number of hydrogen-bond donors (Lipinski definition) is 2. The van der Waals surface area contributed by atoms with Gasteiger partial charge in [0.1, 0.15) is 0 Å². The van der Waals surface area contributed by atoms with Gasteiger partial charge in [0.25, 0.3) is 0 Å². The SMILES string of the molecule is COc1ccc(S(=O)(=O)NCCC(=O)NCCCc2ccc(N(C)C)cc2)cc1OC. The highest BCUT2D eigenvalue weighted by Crippen LogP contribution is 2.29. The molecule has 0 unspecified atom stereocenters. The smallest absolute Gasteiger partial charge is 0.240 e. The van der Waals surface area contributed by atoms with Crippen LogP contribution in [-0.4, -0.2) is 55.7 Å². The van der Waals surface area contributed by atoms with E-state index in [-0.39, 0.29) is 23.8 Å². The lowest BCUT2D eigenvalue weighted by molar-refractivity contribution is -0.120. The van der Waals surface area contributed by atoms with Crippen molar-refractivity contribution in [3.8, 4) is 11.5 Å². The third-order valence-electron chi connectivity index (χ3n) is 4.73. The molecule has 2 rings (SSSR count). The lowest BCUT2D eigenvalue weighted by atomic mass is 10.1. The molecule has 31 heavy (non-hydrogen) atoms. The van der Waals surface area contributed by atoms with Crippen LogP contribution in [0.3, 0.4) is 0 Å². The lowest BCUT2D eigenvalue weighted by Crippen LogP contribution is -2.31. The molecule has 0 aliphatic carbocycles. The largest absolute Gasteiger partial charge is 0.493 e. The van der Waals surface area contributed by atoms with Gasteiger partial charge in [-0.25, -0.2) is 13.1 Å². The molecule has 2 aromatic carbocycles. The molecule has 0 atom stereocenters. The van der Waals surface area contributed by atoms with Gasteiger partial charge in [0.05, 0.1) is 19.1 Å². The minimum Gasteiger partial charge on any atom is -0.493 e. The fourth-order valence-electron chi connectivity index (χ4n) is 2.94. The van der Waals surface area contributed by atoms with Crippen LogP contribution in [0.25, 0.3) is 0 Å². The molecule has 0 aliphatic heterocycles. The monoisotopic (exact) mass is 449 g/mol. The molecule has 0 bridgehead atoms. The van der Waals surface area contributed by atoms with Gasteiger partial charge in [0.2, 0.25) is 15.9 Å². The Hall–Kier alpha value is -2.78. The molecule has 1 amide bonds. The predicted molar refractivity (Wildman–Crippen MR) is 121 cm³/mol. The van der Waals surface area contributed by atoms with Crippen molar-refractivity contribution in [3.05, 3.63) is 48.0 Å². The molecule has 0 saturated carbocycles. The van der Waals surface area contributed by atoms with Crippen LogP contribution in [0.2, 0.25) is 0 Å². The van der Waals surface area contributed by atoms with Crippen molar-refractivity contribution >= 4 is 21.6 Å². The summed E-state index contributed by atoms with van der Waals surface area (Å²) in [5.74, 6) is 0.562. The Kier molecular flexibility index (Phi) is 9.14. The Morgan fingerprint density at radius 1 is 0.968 bits per heavy atom. The molecule has 0 radical (unpaired) electrons. The average Bonchev–Trinajstić information content (AvgIpc) is 2.76. The van der Waals surface area contributed by atoms with Crippen molar-refractivity contribution in [2.24, 2.45) is 0 Å². The van der Waals surface area contributed by atoms with Gasteiger partial charge in [-0.2, -0.15) is 0 Å². The molecular formula is C22H31N3O5S. The van der Waals surface area contributed by atoms with E-state index in [1.165, 1.54) is 38.0 Å². The molecule has 0 heterocycles. The number of anilines is 1. The molecule has 0 saturated heterocycles. The van der Waals surface area contributed by atoms with Crippen LogP contribution in [0.5, 0.6) is 11.5 Å². The molecule has 2 N–H and O–H groups in total. The first-order valence-electron chi connectivity index (χ1n) is 10.0. The zero-order valence-corrected chi connectivity index (χ0v) is 19.3. The highest BCUT2D eigenvalue weighted by atomic mass is 32.2. The third kappa shape index (κ3) is 7.45. The Balaban J connectivity index is 1.72. The second kappa shape index (κ2) is 11.6. The molecule has 8 nitrogen and oxygen atoms in total. The van der Waals surface area contributed by atoms with E-state index in [0.717, 1.165) is 18.5 Å². The van der Waals surface area contributed by atoms with Crippen molar-refractivity contribution in [1.29, 1.82) is 0 Å². The first-order valence-corrected chi connectivity index (χ1v) is 11.5. The summed E-state index contributed by atoms with van der Waals surface area (Å²) >= 11 is 0. The first-order chi connectivity index (χ1) is 14.8. The third-order valence-corrected chi connectivity index (χ3v) is 6.19.